The Morgan fingerprint density at radius 1 is 1.35 bits per heavy atom. The first-order valence-corrected chi connectivity index (χ1v) is 8.84. The molecule has 2 aromatic heterocycles. The smallest absolute Gasteiger partial charge is 0.181 e. The van der Waals surface area contributed by atoms with Gasteiger partial charge in [0.1, 0.15) is 0 Å². The predicted octanol–water partition coefficient (Wildman–Crippen LogP) is 3.92. The van der Waals surface area contributed by atoms with Crippen molar-refractivity contribution in [1.82, 2.24) is 14.5 Å². The zero-order valence-electron chi connectivity index (χ0n) is 13.9. The Morgan fingerprint density at radius 2 is 2.17 bits per heavy atom. The number of nitrogen functional groups attached to an aromatic ring is 1. The number of anilines is 2. The Labute approximate surface area is 140 Å². The van der Waals surface area contributed by atoms with Crippen molar-refractivity contribution in [3.8, 4) is 0 Å². The number of aromatic nitrogens is 3. The lowest BCUT2D eigenvalue weighted by Crippen LogP contribution is -2.20. The molecule has 2 heterocycles. The van der Waals surface area contributed by atoms with Crippen molar-refractivity contribution in [2.45, 2.75) is 32.7 Å². The molecule has 1 unspecified atom stereocenters. The van der Waals surface area contributed by atoms with E-state index in [1.807, 2.05) is 18.7 Å². The van der Waals surface area contributed by atoms with Gasteiger partial charge in [-0.05, 0) is 25.5 Å². The van der Waals surface area contributed by atoms with Crippen molar-refractivity contribution in [3.05, 3.63) is 36.4 Å². The molecule has 0 aliphatic rings. The van der Waals surface area contributed by atoms with Crippen molar-refractivity contribution in [2.24, 2.45) is 0 Å². The van der Waals surface area contributed by atoms with Crippen molar-refractivity contribution >= 4 is 32.4 Å². The van der Waals surface area contributed by atoms with Crippen LogP contribution in [-0.4, -0.2) is 28.1 Å². The van der Waals surface area contributed by atoms with Crippen molar-refractivity contribution < 1.29 is 0 Å². The fourth-order valence-corrected chi connectivity index (χ4v) is 3.77. The molecule has 0 saturated heterocycles. The average molecular weight is 329 g/mol. The maximum atomic E-state index is 5.99. The van der Waals surface area contributed by atoms with Gasteiger partial charge in [0.2, 0.25) is 0 Å². The van der Waals surface area contributed by atoms with E-state index in [9.17, 15) is 0 Å². The molecule has 0 saturated carbocycles. The van der Waals surface area contributed by atoms with Gasteiger partial charge in [0.05, 0.1) is 22.6 Å². The molecule has 0 amide bonds. The molecule has 0 aliphatic heterocycles. The minimum absolute atomic E-state index is 0.219. The standard InChI is InChI=1S/C17H23N5S/c1-4-6-13(22-10-9-19-11-22)15-12(21(3)5-2)7-8-14-16(15)20-17(18)23-14/h7-11,13H,4-6H2,1-3H3,(H2,18,20). The van der Waals surface area contributed by atoms with E-state index in [0.717, 1.165) is 29.6 Å². The third kappa shape index (κ3) is 2.91. The van der Waals surface area contributed by atoms with Crippen LogP contribution < -0.4 is 10.6 Å². The van der Waals surface area contributed by atoms with Gasteiger partial charge in [0.25, 0.3) is 0 Å². The number of nitrogens with zero attached hydrogens (tertiary/aromatic N) is 4. The summed E-state index contributed by atoms with van der Waals surface area (Å²) in [4.78, 5) is 11.1. The van der Waals surface area contributed by atoms with Crippen LogP contribution in [0.2, 0.25) is 0 Å². The van der Waals surface area contributed by atoms with Crippen LogP contribution in [0, 0.1) is 0 Å². The van der Waals surface area contributed by atoms with Crippen LogP contribution >= 0.6 is 11.3 Å². The van der Waals surface area contributed by atoms with Crippen LogP contribution in [-0.2, 0) is 0 Å². The number of hydrogen-bond acceptors (Lipinski definition) is 5. The lowest BCUT2D eigenvalue weighted by atomic mass is 9.98. The third-order valence-electron chi connectivity index (χ3n) is 4.26. The lowest BCUT2D eigenvalue weighted by Gasteiger charge is -2.27. The molecule has 0 spiro atoms. The number of hydrogen-bond donors (Lipinski definition) is 1. The first kappa shape index (κ1) is 15.8. The quantitative estimate of drug-likeness (QED) is 0.744. The molecule has 0 fully saturated rings. The normalized spacial score (nSPS) is 12.7. The molecule has 2 N–H and O–H groups in total. The Kier molecular flexibility index (Phi) is 4.52. The molecule has 0 radical (unpaired) electrons. The van der Waals surface area contributed by atoms with Crippen LogP contribution in [0.5, 0.6) is 0 Å². The highest BCUT2D eigenvalue weighted by Crippen LogP contribution is 2.39. The number of thiazole rings is 1. The van der Waals surface area contributed by atoms with E-state index < -0.39 is 0 Å². The molecule has 23 heavy (non-hydrogen) atoms. The first-order chi connectivity index (χ1) is 11.2. The van der Waals surface area contributed by atoms with Crippen LogP contribution in [0.1, 0.15) is 38.3 Å². The molecular weight excluding hydrogens is 306 g/mol. The van der Waals surface area contributed by atoms with Crippen LogP contribution in [0.25, 0.3) is 10.2 Å². The molecule has 122 valence electrons. The maximum absolute atomic E-state index is 5.99. The topological polar surface area (TPSA) is 60.0 Å². The first-order valence-electron chi connectivity index (χ1n) is 8.03. The van der Waals surface area contributed by atoms with Gasteiger partial charge in [-0.3, -0.25) is 0 Å². The number of fused-ring (bicyclic) bond motifs is 1. The molecule has 1 atom stereocenters. The summed E-state index contributed by atoms with van der Waals surface area (Å²) in [6.45, 7) is 5.32. The van der Waals surface area contributed by atoms with E-state index in [4.69, 9.17) is 5.73 Å². The van der Waals surface area contributed by atoms with Gasteiger partial charge >= 0.3 is 0 Å². The predicted molar refractivity (Wildman–Crippen MR) is 98.3 cm³/mol. The van der Waals surface area contributed by atoms with Gasteiger partial charge in [-0.15, -0.1) is 0 Å². The van der Waals surface area contributed by atoms with E-state index in [1.165, 1.54) is 11.3 Å². The molecule has 6 heteroatoms. The van der Waals surface area contributed by atoms with E-state index in [2.05, 4.69) is 52.5 Å². The third-order valence-corrected chi connectivity index (χ3v) is 5.11. The average Bonchev–Trinajstić information content (AvgIpc) is 3.19. The van der Waals surface area contributed by atoms with Gasteiger partial charge in [-0.25, -0.2) is 9.97 Å². The molecule has 0 bridgehead atoms. The van der Waals surface area contributed by atoms with E-state index in [1.54, 1.807) is 11.3 Å². The summed E-state index contributed by atoms with van der Waals surface area (Å²) in [6.07, 6.45) is 7.89. The van der Waals surface area contributed by atoms with Gasteiger partial charge < -0.3 is 15.2 Å². The van der Waals surface area contributed by atoms with E-state index >= 15 is 0 Å². The SMILES string of the molecule is CCCC(c1c(N(C)CC)ccc2sc(N)nc12)n1ccnc1. The number of imidazole rings is 1. The summed E-state index contributed by atoms with van der Waals surface area (Å²) >= 11 is 1.55. The van der Waals surface area contributed by atoms with Crippen molar-refractivity contribution in [1.29, 1.82) is 0 Å². The zero-order chi connectivity index (χ0) is 16.4. The van der Waals surface area contributed by atoms with Gasteiger partial charge in [0.15, 0.2) is 5.13 Å². The van der Waals surface area contributed by atoms with E-state index in [0.29, 0.717) is 5.13 Å². The fraction of sp³-hybridized carbons (Fsp3) is 0.412. The number of rotatable bonds is 6. The second-order valence-electron chi connectivity index (χ2n) is 5.73. The maximum Gasteiger partial charge on any atom is 0.181 e. The molecule has 1 aromatic carbocycles. The van der Waals surface area contributed by atoms with Gasteiger partial charge in [-0.1, -0.05) is 24.7 Å². The van der Waals surface area contributed by atoms with Crippen molar-refractivity contribution in [2.75, 3.05) is 24.2 Å². The molecule has 0 aliphatic carbocycles. The summed E-state index contributed by atoms with van der Waals surface area (Å²) in [5, 5.41) is 0.624. The van der Waals surface area contributed by atoms with Crippen LogP contribution in [0.3, 0.4) is 0 Å². The minimum Gasteiger partial charge on any atom is -0.375 e. The zero-order valence-corrected chi connectivity index (χ0v) is 14.7. The Balaban J connectivity index is 2.26. The second-order valence-corrected chi connectivity index (χ2v) is 6.79. The van der Waals surface area contributed by atoms with Crippen LogP contribution in [0.4, 0.5) is 10.8 Å². The Bertz CT molecular complexity index is 778. The highest BCUT2D eigenvalue weighted by molar-refractivity contribution is 7.22. The second kappa shape index (κ2) is 6.58. The summed E-state index contributed by atoms with van der Waals surface area (Å²) in [5.74, 6) is 0. The Morgan fingerprint density at radius 3 is 2.83 bits per heavy atom. The summed E-state index contributed by atoms with van der Waals surface area (Å²) in [7, 11) is 2.12. The lowest BCUT2D eigenvalue weighted by molar-refractivity contribution is 0.535. The van der Waals surface area contributed by atoms with Gasteiger partial charge in [0, 0.05) is 37.2 Å². The summed E-state index contributed by atoms with van der Waals surface area (Å²) in [5.41, 5.74) is 9.48. The largest absolute Gasteiger partial charge is 0.375 e. The molecule has 3 aromatic rings. The minimum atomic E-state index is 0.219. The fourth-order valence-electron chi connectivity index (χ4n) is 3.02. The molecular formula is C17H23N5S. The molecule has 3 rings (SSSR count). The highest BCUT2D eigenvalue weighted by atomic mass is 32.1. The summed E-state index contributed by atoms with van der Waals surface area (Å²) < 4.78 is 3.33. The highest BCUT2D eigenvalue weighted by Gasteiger charge is 2.23. The number of nitrogens with two attached hydrogens (primary N) is 1. The van der Waals surface area contributed by atoms with Crippen LogP contribution in [0.15, 0.2) is 30.9 Å². The number of benzene rings is 1. The van der Waals surface area contributed by atoms with E-state index in [-0.39, 0.29) is 6.04 Å². The Hall–Kier alpha value is -2.08. The summed E-state index contributed by atoms with van der Waals surface area (Å²) in [6, 6.07) is 4.54. The monoisotopic (exact) mass is 329 g/mol. The van der Waals surface area contributed by atoms with Gasteiger partial charge in [-0.2, -0.15) is 0 Å². The molecule has 5 nitrogen and oxygen atoms in total. The van der Waals surface area contributed by atoms with Crippen molar-refractivity contribution in [3.63, 3.8) is 0 Å².